The number of ether oxygens (including phenoxy) is 2. The molecule has 0 aromatic heterocycles. The van der Waals surface area contributed by atoms with Gasteiger partial charge in [0.25, 0.3) is 0 Å². The van der Waals surface area contributed by atoms with Crippen LogP contribution in [0.25, 0.3) is 0 Å². The van der Waals surface area contributed by atoms with Gasteiger partial charge in [-0.15, -0.1) is 0 Å². The molecule has 0 saturated carbocycles. The van der Waals surface area contributed by atoms with Gasteiger partial charge in [0, 0.05) is 0 Å². The predicted molar refractivity (Wildman–Crippen MR) is 145 cm³/mol. The smallest absolute Gasteiger partial charge is 0.197 e. The van der Waals surface area contributed by atoms with Crippen LogP contribution in [0.5, 0.6) is 0 Å². The Labute approximate surface area is 216 Å². The summed E-state index contributed by atoms with van der Waals surface area (Å²) in [4.78, 5) is 12.0. The van der Waals surface area contributed by atoms with E-state index in [1.807, 2.05) is 121 Å². The summed E-state index contributed by atoms with van der Waals surface area (Å²) >= 11 is 5.99. The van der Waals surface area contributed by atoms with Crippen LogP contribution in [-0.2, 0) is 32.4 Å². The minimum absolute atomic E-state index is 0.121. The van der Waals surface area contributed by atoms with E-state index >= 15 is 0 Å². The third-order valence-electron chi connectivity index (χ3n) is 7.20. The normalized spacial score (nSPS) is 26.6. The summed E-state index contributed by atoms with van der Waals surface area (Å²) in [6.07, 6.45) is -1.04. The lowest BCUT2D eigenvalue weighted by Gasteiger charge is -2.43. The van der Waals surface area contributed by atoms with Gasteiger partial charge in [-0.2, -0.15) is 0 Å². The van der Waals surface area contributed by atoms with Crippen LogP contribution in [0.2, 0.25) is 0 Å². The van der Waals surface area contributed by atoms with Crippen LogP contribution < -0.4 is 10.2 Å². The minimum atomic E-state index is -3.42. The molecular weight excluding hydrogens is 487 g/mol. The fourth-order valence-corrected chi connectivity index (χ4v) is 8.40. The number of hydrogen-bond acceptors (Lipinski definition) is 3. The molecule has 0 bridgehead atoms. The Morgan fingerprint density at radius 1 is 0.583 bits per heavy atom. The lowest BCUT2D eigenvalue weighted by molar-refractivity contribution is 0.0182. The van der Waals surface area contributed by atoms with E-state index in [4.69, 9.17) is 21.3 Å². The maximum atomic E-state index is 12.0. The number of hydrogen-bond donors (Lipinski definition) is 3. The summed E-state index contributed by atoms with van der Waals surface area (Å²) < 4.78 is 13.0. The first kappa shape index (κ1) is 23.7. The summed E-state index contributed by atoms with van der Waals surface area (Å²) in [6.45, 7) is -3.29. The molecule has 2 heterocycles. The van der Waals surface area contributed by atoms with Crippen molar-refractivity contribution in [2.45, 2.75) is 23.3 Å². The fourth-order valence-electron chi connectivity index (χ4n) is 5.75. The SMILES string of the molecule is OP1(=S)NC(c2ccccc2)(c2ccccc2)C2OCOC2C(c2ccccc2)(c2ccccc2)N1. The predicted octanol–water partition coefficient (Wildman–Crippen LogP) is 5.03. The molecule has 2 aliphatic heterocycles. The van der Waals surface area contributed by atoms with E-state index in [-0.39, 0.29) is 6.79 Å². The van der Waals surface area contributed by atoms with Crippen molar-refractivity contribution in [1.82, 2.24) is 10.2 Å². The molecular formula is C29H27N2O3PS. The molecule has 2 fully saturated rings. The van der Waals surface area contributed by atoms with Crippen molar-refractivity contribution in [3.05, 3.63) is 144 Å². The molecule has 4 aromatic carbocycles. The Balaban J connectivity index is 1.68. The molecule has 2 saturated heterocycles. The van der Waals surface area contributed by atoms with E-state index in [0.29, 0.717) is 0 Å². The largest absolute Gasteiger partial charge is 0.347 e. The monoisotopic (exact) mass is 514 g/mol. The molecule has 6 rings (SSSR count). The first-order chi connectivity index (χ1) is 17.6. The Kier molecular flexibility index (Phi) is 6.14. The van der Waals surface area contributed by atoms with Crippen molar-refractivity contribution in [2.75, 3.05) is 6.79 Å². The molecule has 2 atom stereocenters. The molecule has 0 amide bonds. The van der Waals surface area contributed by atoms with Crippen LogP contribution in [0.15, 0.2) is 121 Å². The maximum Gasteiger partial charge on any atom is 0.197 e. The quantitative estimate of drug-likeness (QED) is 0.332. The second kappa shape index (κ2) is 9.33. The lowest BCUT2D eigenvalue weighted by atomic mass is 9.69. The number of nitrogens with one attached hydrogen (secondary N) is 2. The van der Waals surface area contributed by atoms with E-state index in [1.165, 1.54) is 0 Å². The molecule has 2 unspecified atom stereocenters. The molecule has 0 spiro atoms. The molecule has 182 valence electrons. The number of benzene rings is 4. The summed E-state index contributed by atoms with van der Waals surface area (Å²) in [5, 5.41) is 7.06. The zero-order chi connectivity index (χ0) is 24.6. The fraction of sp³-hybridized carbons (Fsp3) is 0.172. The van der Waals surface area contributed by atoms with Crippen molar-refractivity contribution >= 4 is 18.4 Å². The van der Waals surface area contributed by atoms with E-state index in [2.05, 4.69) is 10.2 Å². The molecule has 4 aromatic rings. The number of fused-ring (bicyclic) bond motifs is 1. The summed E-state index contributed by atoms with van der Waals surface area (Å²) in [5.74, 6) is 0. The van der Waals surface area contributed by atoms with Crippen LogP contribution in [0.1, 0.15) is 22.3 Å². The molecule has 7 heteroatoms. The average Bonchev–Trinajstić information content (AvgIpc) is 3.40. The third-order valence-corrected chi connectivity index (χ3v) is 9.06. The lowest BCUT2D eigenvalue weighted by Crippen LogP contribution is -2.58. The zero-order valence-corrected chi connectivity index (χ0v) is 21.2. The summed E-state index contributed by atoms with van der Waals surface area (Å²) in [7, 11) is 0. The second-order valence-electron chi connectivity index (χ2n) is 9.17. The third kappa shape index (κ3) is 3.78. The van der Waals surface area contributed by atoms with Crippen LogP contribution in [0, 0.1) is 0 Å². The first-order valence-electron chi connectivity index (χ1n) is 11.9. The summed E-state index contributed by atoms with van der Waals surface area (Å²) in [6, 6.07) is 40.2. The summed E-state index contributed by atoms with van der Waals surface area (Å²) in [5.41, 5.74) is 1.84. The van der Waals surface area contributed by atoms with Gasteiger partial charge in [0.15, 0.2) is 6.57 Å². The Morgan fingerprint density at radius 2 is 0.861 bits per heavy atom. The van der Waals surface area contributed by atoms with Gasteiger partial charge >= 0.3 is 0 Å². The molecule has 0 aliphatic carbocycles. The zero-order valence-electron chi connectivity index (χ0n) is 19.5. The van der Waals surface area contributed by atoms with Crippen molar-refractivity contribution in [2.24, 2.45) is 0 Å². The van der Waals surface area contributed by atoms with Gasteiger partial charge in [0.05, 0.1) is 0 Å². The average molecular weight is 515 g/mol. The van der Waals surface area contributed by atoms with E-state index < -0.39 is 29.9 Å². The van der Waals surface area contributed by atoms with Gasteiger partial charge < -0.3 is 14.4 Å². The van der Waals surface area contributed by atoms with Crippen molar-refractivity contribution in [3.63, 3.8) is 0 Å². The molecule has 0 radical (unpaired) electrons. The molecule has 2 aliphatic rings. The molecule has 36 heavy (non-hydrogen) atoms. The van der Waals surface area contributed by atoms with Crippen molar-refractivity contribution in [3.8, 4) is 0 Å². The first-order valence-corrected chi connectivity index (χ1v) is 14.7. The highest BCUT2D eigenvalue weighted by atomic mass is 32.4. The van der Waals surface area contributed by atoms with Crippen LogP contribution in [0.4, 0.5) is 0 Å². The highest BCUT2D eigenvalue weighted by Crippen LogP contribution is 2.56. The number of rotatable bonds is 4. The Morgan fingerprint density at radius 3 is 1.14 bits per heavy atom. The second-order valence-corrected chi connectivity index (χ2v) is 12.4. The minimum Gasteiger partial charge on any atom is -0.347 e. The van der Waals surface area contributed by atoms with Crippen molar-refractivity contribution in [1.29, 1.82) is 0 Å². The van der Waals surface area contributed by atoms with Gasteiger partial charge in [0.2, 0.25) is 0 Å². The molecule has 3 N–H and O–H groups in total. The van der Waals surface area contributed by atoms with E-state index in [9.17, 15) is 4.89 Å². The van der Waals surface area contributed by atoms with Gasteiger partial charge in [-0.3, -0.25) is 0 Å². The van der Waals surface area contributed by atoms with Crippen LogP contribution >= 0.6 is 6.57 Å². The van der Waals surface area contributed by atoms with Crippen molar-refractivity contribution < 1.29 is 14.4 Å². The van der Waals surface area contributed by atoms with Crippen LogP contribution in [0.3, 0.4) is 0 Å². The Hall–Kier alpha value is -2.67. The topological polar surface area (TPSA) is 62.8 Å². The highest BCUT2D eigenvalue weighted by Gasteiger charge is 2.62. The van der Waals surface area contributed by atoms with Gasteiger partial charge in [0.1, 0.15) is 30.1 Å². The maximum absolute atomic E-state index is 12.0. The Bertz CT molecular complexity index is 1190. The highest BCUT2D eigenvalue weighted by molar-refractivity contribution is 8.09. The van der Waals surface area contributed by atoms with Crippen LogP contribution in [-0.4, -0.2) is 23.9 Å². The van der Waals surface area contributed by atoms with Gasteiger partial charge in [-0.25, -0.2) is 10.2 Å². The molecule has 5 nitrogen and oxygen atoms in total. The standard InChI is InChI=1S/C29H27N2O3PS/c32-35(36)30-28(22-13-5-1-6-14-22,23-15-7-2-8-16-23)26-27(34-21-33-26)29(31-35,24-17-9-3-10-18-24)25-19-11-4-12-20-25/h1-20,26-27H,21H2,(H3,30,31,32,36). The van der Waals surface area contributed by atoms with E-state index in [1.54, 1.807) is 0 Å². The van der Waals surface area contributed by atoms with Gasteiger partial charge in [-0.05, 0) is 34.1 Å². The van der Waals surface area contributed by atoms with Gasteiger partial charge in [-0.1, -0.05) is 121 Å². The van der Waals surface area contributed by atoms with E-state index in [0.717, 1.165) is 22.3 Å².